The van der Waals surface area contributed by atoms with Crippen LogP contribution in [0.5, 0.6) is 0 Å². The lowest BCUT2D eigenvalue weighted by Crippen LogP contribution is -2.46. The number of rotatable bonds is 3. The fourth-order valence-corrected chi connectivity index (χ4v) is 5.08. The van der Waals surface area contributed by atoms with Crippen LogP contribution in [-0.2, 0) is 4.79 Å². The van der Waals surface area contributed by atoms with Gasteiger partial charge in [0.25, 0.3) is 0 Å². The molecule has 0 radical (unpaired) electrons. The molecule has 2 nitrogen and oxygen atoms in total. The summed E-state index contributed by atoms with van der Waals surface area (Å²) in [7, 11) is 0. The third kappa shape index (κ3) is 1.67. The van der Waals surface area contributed by atoms with Crippen molar-refractivity contribution in [2.75, 3.05) is 0 Å². The van der Waals surface area contributed by atoms with Gasteiger partial charge < -0.3 is 0 Å². The Kier molecular flexibility index (Phi) is 2.31. The second-order valence-corrected chi connectivity index (χ2v) is 6.47. The van der Waals surface area contributed by atoms with E-state index in [0.717, 1.165) is 17.8 Å². The van der Waals surface area contributed by atoms with Crippen LogP contribution in [0.15, 0.2) is 0 Å². The van der Waals surface area contributed by atoms with Crippen LogP contribution in [0.1, 0.15) is 51.4 Å². The molecule has 4 bridgehead atoms. The molecular weight excluding hydrogens is 198 g/mol. The molecule has 0 aliphatic heterocycles. The van der Waals surface area contributed by atoms with E-state index in [1.807, 2.05) is 6.07 Å². The van der Waals surface area contributed by atoms with Crippen LogP contribution in [0.4, 0.5) is 0 Å². The van der Waals surface area contributed by atoms with Gasteiger partial charge in [-0.2, -0.15) is 5.26 Å². The van der Waals surface area contributed by atoms with Crippen LogP contribution >= 0.6 is 0 Å². The fourth-order valence-electron chi connectivity index (χ4n) is 5.08. The Bertz CT molecular complexity index is 317. The summed E-state index contributed by atoms with van der Waals surface area (Å²) in [5, 5.41) is 8.58. The maximum atomic E-state index is 11.7. The number of nitrogens with zero attached hydrogens (tertiary/aromatic N) is 1. The number of hydrogen-bond donors (Lipinski definition) is 0. The molecule has 0 spiro atoms. The average Bonchev–Trinajstić information content (AvgIpc) is 2.13. The maximum absolute atomic E-state index is 11.7. The largest absolute Gasteiger partial charge is 0.299 e. The zero-order valence-electron chi connectivity index (χ0n) is 9.74. The third-order valence-electron chi connectivity index (χ3n) is 5.01. The first-order chi connectivity index (χ1) is 7.69. The SMILES string of the molecule is N#CCC(=O)CC12CC3CC(CC(C3)C1)C2. The molecule has 4 aliphatic carbocycles. The summed E-state index contributed by atoms with van der Waals surface area (Å²) in [6.07, 6.45) is 8.91. The Labute approximate surface area is 97.0 Å². The van der Waals surface area contributed by atoms with Gasteiger partial charge in [0.2, 0.25) is 0 Å². The Hall–Kier alpha value is -0.840. The quantitative estimate of drug-likeness (QED) is 0.729. The summed E-state index contributed by atoms with van der Waals surface area (Å²) in [6.45, 7) is 0. The second-order valence-electron chi connectivity index (χ2n) is 6.47. The normalized spacial score (nSPS) is 44.3. The minimum Gasteiger partial charge on any atom is -0.299 e. The van der Waals surface area contributed by atoms with Gasteiger partial charge in [-0.15, -0.1) is 0 Å². The van der Waals surface area contributed by atoms with E-state index in [1.54, 1.807) is 0 Å². The highest BCUT2D eigenvalue weighted by Crippen LogP contribution is 2.61. The minimum atomic E-state index is 0.127. The Balaban J connectivity index is 1.74. The number of nitriles is 1. The van der Waals surface area contributed by atoms with Gasteiger partial charge in [-0.05, 0) is 61.7 Å². The molecule has 4 rings (SSSR count). The number of hydrogen-bond acceptors (Lipinski definition) is 2. The molecule has 0 atom stereocenters. The van der Waals surface area contributed by atoms with E-state index in [2.05, 4.69) is 0 Å². The Morgan fingerprint density at radius 2 is 1.62 bits per heavy atom. The van der Waals surface area contributed by atoms with Crippen molar-refractivity contribution in [1.29, 1.82) is 5.26 Å². The van der Waals surface area contributed by atoms with Gasteiger partial charge in [0, 0.05) is 6.42 Å². The molecule has 86 valence electrons. The van der Waals surface area contributed by atoms with Crippen molar-refractivity contribution < 1.29 is 4.79 Å². The zero-order valence-corrected chi connectivity index (χ0v) is 9.74. The van der Waals surface area contributed by atoms with Crippen molar-refractivity contribution in [3.8, 4) is 6.07 Å². The summed E-state index contributed by atoms with van der Waals surface area (Å²) >= 11 is 0. The Morgan fingerprint density at radius 3 is 2.06 bits per heavy atom. The van der Waals surface area contributed by atoms with Crippen LogP contribution < -0.4 is 0 Å². The smallest absolute Gasteiger partial charge is 0.147 e. The molecule has 0 saturated heterocycles. The van der Waals surface area contributed by atoms with Gasteiger partial charge in [0.15, 0.2) is 0 Å². The summed E-state index contributed by atoms with van der Waals surface area (Å²) in [6, 6.07) is 2.00. The summed E-state index contributed by atoms with van der Waals surface area (Å²) < 4.78 is 0. The Morgan fingerprint density at radius 1 is 1.12 bits per heavy atom. The first-order valence-electron chi connectivity index (χ1n) is 6.58. The first kappa shape index (κ1) is 10.3. The van der Waals surface area contributed by atoms with E-state index in [1.165, 1.54) is 38.5 Å². The molecule has 0 N–H and O–H groups in total. The minimum absolute atomic E-state index is 0.127. The van der Waals surface area contributed by atoms with Crippen LogP contribution in [0, 0.1) is 34.5 Å². The van der Waals surface area contributed by atoms with E-state index in [4.69, 9.17) is 5.26 Å². The molecule has 2 heteroatoms. The predicted octanol–water partition coefficient (Wildman–Crippen LogP) is 3.08. The van der Waals surface area contributed by atoms with Crippen molar-refractivity contribution in [1.82, 2.24) is 0 Å². The summed E-state index contributed by atoms with van der Waals surface area (Å²) in [5.41, 5.74) is 0.322. The standard InChI is InChI=1S/C14H19NO/c15-2-1-13(16)9-14-6-10-3-11(7-14)5-12(4-10)8-14/h10-12H,1,3-9H2. The maximum Gasteiger partial charge on any atom is 0.147 e. The lowest BCUT2D eigenvalue weighted by molar-refractivity contribution is -0.126. The van der Waals surface area contributed by atoms with Gasteiger partial charge in [-0.3, -0.25) is 4.79 Å². The van der Waals surface area contributed by atoms with Gasteiger partial charge in [0.05, 0.1) is 12.5 Å². The molecule has 0 aromatic rings. The molecule has 0 aromatic heterocycles. The fraction of sp³-hybridized carbons (Fsp3) is 0.857. The second kappa shape index (κ2) is 3.58. The van der Waals surface area contributed by atoms with Crippen molar-refractivity contribution in [3.63, 3.8) is 0 Å². The first-order valence-corrected chi connectivity index (χ1v) is 6.58. The molecule has 0 unspecified atom stereocenters. The highest BCUT2D eigenvalue weighted by atomic mass is 16.1. The average molecular weight is 217 g/mol. The van der Waals surface area contributed by atoms with Crippen molar-refractivity contribution in [3.05, 3.63) is 0 Å². The molecule has 16 heavy (non-hydrogen) atoms. The molecule has 4 saturated carbocycles. The van der Waals surface area contributed by atoms with E-state index in [9.17, 15) is 4.79 Å². The zero-order chi connectivity index (χ0) is 11.2. The van der Waals surface area contributed by atoms with Crippen molar-refractivity contribution in [2.45, 2.75) is 51.4 Å². The topological polar surface area (TPSA) is 40.9 Å². The molecule has 4 fully saturated rings. The van der Waals surface area contributed by atoms with E-state index < -0.39 is 0 Å². The van der Waals surface area contributed by atoms with Crippen molar-refractivity contribution in [2.24, 2.45) is 23.2 Å². The lowest BCUT2D eigenvalue weighted by atomic mass is 9.48. The summed E-state index contributed by atoms with van der Waals surface area (Å²) in [4.78, 5) is 11.7. The molecular formula is C14H19NO. The number of carbonyl (C=O) groups is 1. The van der Waals surface area contributed by atoms with E-state index in [0.29, 0.717) is 11.8 Å². The monoisotopic (exact) mass is 217 g/mol. The van der Waals surface area contributed by atoms with Crippen LogP contribution in [0.3, 0.4) is 0 Å². The van der Waals surface area contributed by atoms with Gasteiger partial charge in [-0.1, -0.05) is 0 Å². The highest BCUT2D eigenvalue weighted by molar-refractivity contribution is 5.81. The van der Waals surface area contributed by atoms with E-state index >= 15 is 0 Å². The molecule has 4 aliphatic rings. The molecule has 0 aromatic carbocycles. The number of Topliss-reactive ketones (excluding diaryl/α,β-unsaturated/α-hetero) is 1. The highest BCUT2D eigenvalue weighted by Gasteiger charge is 2.51. The van der Waals surface area contributed by atoms with Crippen molar-refractivity contribution >= 4 is 5.78 Å². The van der Waals surface area contributed by atoms with Crippen LogP contribution in [0.2, 0.25) is 0 Å². The van der Waals surface area contributed by atoms with E-state index in [-0.39, 0.29) is 12.2 Å². The third-order valence-corrected chi connectivity index (χ3v) is 5.01. The predicted molar refractivity (Wildman–Crippen MR) is 60.5 cm³/mol. The van der Waals surface area contributed by atoms with Crippen LogP contribution in [0.25, 0.3) is 0 Å². The van der Waals surface area contributed by atoms with Gasteiger partial charge >= 0.3 is 0 Å². The number of carbonyl (C=O) groups excluding carboxylic acids is 1. The van der Waals surface area contributed by atoms with Crippen LogP contribution in [-0.4, -0.2) is 5.78 Å². The number of ketones is 1. The molecule has 0 heterocycles. The summed E-state index contributed by atoms with van der Waals surface area (Å²) in [5.74, 6) is 2.90. The molecule has 0 amide bonds. The lowest BCUT2D eigenvalue weighted by Gasteiger charge is -2.56. The van der Waals surface area contributed by atoms with Gasteiger partial charge in [-0.25, -0.2) is 0 Å². The van der Waals surface area contributed by atoms with Gasteiger partial charge in [0.1, 0.15) is 5.78 Å².